The Bertz CT molecular complexity index is 1210. The zero-order chi connectivity index (χ0) is 23.7. The van der Waals surface area contributed by atoms with E-state index in [9.17, 15) is 9.18 Å². The molecule has 2 aromatic carbocycles. The van der Waals surface area contributed by atoms with Crippen molar-refractivity contribution in [3.8, 4) is 11.4 Å². The summed E-state index contributed by atoms with van der Waals surface area (Å²) in [4.78, 5) is 19.4. The van der Waals surface area contributed by atoms with E-state index in [4.69, 9.17) is 4.52 Å². The van der Waals surface area contributed by atoms with Crippen LogP contribution in [0.25, 0.3) is 17.0 Å². The number of aromatic nitrogens is 2. The van der Waals surface area contributed by atoms with Gasteiger partial charge in [0.1, 0.15) is 5.82 Å². The van der Waals surface area contributed by atoms with Crippen molar-refractivity contribution in [1.82, 2.24) is 20.4 Å². The summed E-state index contributed by atoms with van der Waals surface area (Å²) < 4.78 is 19.4. The van der Waals surface area contributed by atoms with Crippen LogP contribution >= 0.6 is 0 Å². The first-order valence-electron chi connectivity index (χ1n) is 11.2. The normalized spacial score (nSPS) is 16.5. The molecular formula is C26H29FN4O2. The first-order chi connectivity index (χ1) is 15.7. The van der Waals surface area contributed by atoms with Crippen LogP contribution in [0.4, 0.5) is 9.18 Å². The third kappa shape index (κ3) is 4.67. The number of carbonyl (C=O) groups is 1. The maximum Gasteiger partial charge on any atom is 0.322 e. The van der Waals surface area contributed by atoms with Crippen LogP contribution in [-0.2, 0) is 0 Å². The van der Waals surface area contributed by atoms with Gasteiger partial charge in [0, 0.05) is 17.8 Å². The lowest BCUT2D eigenvalue weighted by atomic mass is 9.92. The fourth-order valence-electron chi connectivity index (χ4n) is 3.99. The minimum atomic E-state index is -0.437. The van der Waals surface area contributed by atoms with Crippen LogP contribution in [0.1, 0.15) is 55.8 Å². The number of benzene rings is 2. The maximum atomic E-state index is 13.7. The van der Waals surface area contributed by atoms with E-state index in [0.29, 0.717) is 29.7 Å². The summed E-state index contributed by atoms with van der Waals surface area (Å²) >= 11 is 0. The number of amides is 2. The number of nitrogens with one attached hydrogen (secondary N) is 1. The molecule has 0 spiro atoms. The lowest BCUT2D eigenvalue weighted by Crippen LogP contribution is -2.46. The zero-order valence-corrected chi connectivity index (χ0v) is 19.6. The molecule has 1 atom stereocenters. The zero-order valence-electron chi connectivity index (χ0n) is 19.6. The van der Waals surface area contributed by atoms with E-state index in [1.54, 1.807) is 17.0 Å². The molecule has 0 aliphatic carbocycles. The topological polar surface area (TPSA) is 71.3 Å². The summed E-state index contributed by atoms with van der Waals surface area (Å²) in [6.07, 6.45) is 0.866. The Morgan fingerprint density at radius 3 is 2.61 bits per heavy atom. The lowest BCUT2D eigenvalue weighted by Gasteiger charge is -2.35. The smallest absolute Gasteiger partial charge is 0.322 e. The minimum absolute atomic E-state index is 0.148. The van der Waals surface area contributed by atoms with Gasteiger partial charge in [-0.05, 0) is 61.9 Å². The van der Waals surface area contributed by atoms with Crippen molar-refractivity contribution in [1.29, 1.82) is 0 Å². The molecule has 3 aromatic rings. The first-order valence-corrected chi connectivity index (χ1v) is 11.2. The second-order valence-corrected chi connectivity index (χ2v) is 8.99. The molecule has 1 N–H and O–H groups in total. The van der Waals surface area contributed by atoms with E-state index in [2.05, 4.69) is 42.3 Å². The number of hydrogen-bond donors (Lipinski definition) is 1. The quantitative estimate of drug-likeness (QED) is 0.499. The van der Waals surface area contributed by atoms with Gasteiger partial charge in [0.05, 0.1) is 11.6 Å². The number of rotatable bonds is 6. The van der Waals surface area contributed by atoms with Crippen molar-refractivity contribution in [2.75, 3.05) is 6.54 Å². The molecule has 0 fully saturated rings. The molecule has 0 saturated heterocycles. The molecule has 6 nitrogen and oxygen atoms in total. The molecule has 0 radical (unpaired) electrons. The molecule has 33 heavy (non-hydrogen) atoms. The van der Waals surface area contributed by atoms with E-state index < -0.39 is 6.04 Å². The van der Waals surface area contributed by atoms with Crippen LogP contribution in [0.15, 0.2) is 52.7 Å². The van der Waals surface area contributed by atoms with Crippen molar-refractivity contribution in [3.05, 3.63) is 76.6 Å². The highest BCUT2D eigenvalue weighted by atomic mass is 19.1. The van der Waals surface area contributed by atoms with Gasteiger partial charge in [-0.25, -0.2) is 9.18 Å². The van der Waals surface area contributed by atoms with Crippen LogP contribution in [0, 0.1) is 25.6 Å². The van der Waals surface area contributed by atoms with E-state index in [0.717, 1.165) is 28.8 Å². The van der Waals surface area contributed by atoms with Gasteiger partial charge in [0.15, 0.2) is 0 Å². The van der Waals surface area contributed by atoms with E-state index in [1.165, 1.54) is 17.7 Å². The fourth-order valence-corrected chi connectivity index (χ4v) is 3.99. The number of allylic oxidation sites excluding steroid dienone is 1. The predicted molar refractivity (Wildman–Crippen MR) is 126 cm³/mol. The number of carbonyl (C=O) groups excluding carboxylic acids is 1. The molecule has 0 bridgehead atoms. The Balaban J connectivity index is 1.81. The first kappa shape index (κ1) is 22.7. The molecule has 172 valence electrons. The van der Waals surface area contributed by atoms with Crippen LogP contribution in [-0.4, -0.2) is 27.6 Å². The highest BCUT2D eigenvalue weighted by Crippen LogP contribution is 2.38. The number of halogens is 1. The summed E-state index contributed by atoms with van der Waals surface area (Å²) in [7, 11) is 0. The molecule has 1 unspecified atom stereocenters. The molecule has 4 rings (SSSR count). The third-order valence-electron chi connectivity index (χ3n) is 6.13. The van der Waals surface area contributed by atoms with Crippen molar-refractivity contribution in [2.45, 2.75) is 47.1 Å². The Morgan fingerprint density at radius 2 is 1.91 bits per heavy atom. The van der Waals surface area contributed by atoms with Crippen LogP contribution in [0.5, 0.6) is 0 Å². The van der Waals surface area contributed by atoms with Crippen LogP contribution < -0.4 is 5.32 Å². The van der Waals surface area contributed by atoms with Gasteiger partial charge in [-0.1, -0.05) is 49.3 Å². The minimum Gasteiger partial charge on any atom is -0.334 e. The predicted octanol–water partition coefficient (Wildman–Crippen LogP) is 6.04. The average molecular weight is 449 g/mol. The van der Waals surface area contributed by atoms with E-state index in [1.807, 2.05) is 26.0 Å². The number of nitrogens with zero attached hydrogens (tertiary/aromatic N) is 3. The fraction of sp³-hybridized carbons (Fsp3) is 0.346. The highest BCUT2D eigenvalue weighted by Gasteiger charge is 2.35. The van der Waals surface area contributed by atoms with Gasteiger partial charge < -0.3 is 9.84 Å². The second-order valence-electron chi connectivity index (χ2n) is 8.99. The highest BCUT2D eigenvalue weighted by molar-refractivity contribution is 5.87. The van der Waals surface area contributed by atoms with Gasteiger partial charge >= 0.3 is 6.03 Å². The molecule has 1 aliphatic heterocycles. The second kappa shape index (κ2) is 9.17. The third-order valence-corrected chi connectivity index (χ3v) is 6.13. The Morgan fingerprint density at radius 1 is 1.12 bits per heavy atom. The Labute approximate surface area is 193 Å². The lowest BCUT2D eigenvalue weighted by molar-refractivity contribution is 0.202. The Hall–Kier alpha value is -3.48. The molecule has 2 amide bonds. The van der Waals surface area contributed by atoms with Crippen LogP contribution in [0.2, 0.25) is 0 Å². The van der Waals surface area contributed by atoms with Crippen molar-refractivity contribution < 1.29 is 13.7 Å². The van der Waals surface area contributed by atoms with E-state index >= 15 is 0 Å². The maximum absolute atomic E-state index is 13.7. The van der Waals surface area contributed by atoms with Crippen molar-refractivity contribution in [2.24, 2.45) is 5.92 Å². The number of aryl methyl sites for hydroxylation is 2. The van der Waals surface area contributed by atoms with Gasteiger partial charge in [0.2, 0.25) is 5.82 Å². The standard InChI is InChI=1S/C26H29FN4O2/c1-15(2)11-12-31-18(5)22(23(28-26(31)32)19-10-9-16(3)17(4)13-19)25-29-24(30-33-25)20-7-6-8-21(27)14-20/h6-10,13-15,23H,11-12H2,1-5H3,(H,28,32). The molecule has 1 aromatic heterocycles. The molecule has 7 heteroatoms. The average Bonchev–Trinajstić information content (AvgIpc) is 3.24. The summed E-state index contributed by atoms with van der Waals surface area (Å²) in [6, 6.07) is 11.6. The summed E-state index contributed by atoms with van der Waals surface area (Å²) in [5, 5.41) is 7.23. The molecular weight excluding hydrogens is 419 g/mol. The van der Waals surface area contributed by atoms with Gasteiger partial charge in [0.25, 0.3) is 5.89 Å². The van der Waals surface area contributed by atoms with Gasteiger partial charge in [-0.15, -0.1) is 0 Å². The SMILES string of the molecule is CC1=C(c2nc(-c3cccc(F)c3)no2)C(c2ccc(C)c(C)c2)NC(=O)N1CCC(C)C. The monoisotopic (exact) mass is 448 g/mol. The molecule has 1 aliphatic rings. The number of hydrogen-bond acceptors (Lipinski definition) is 4. The summed E-state index contributed by atoms with van der Waals surface area (Å²) in [5.74, 6) is 0.695. The number of urea groups is 1. The summed E-state index contributed by atoms with van der Waals surface area (Å²) in [6.45, 7) is 10.9. The summed E-state index contributed by atoms with van der Waals surface area (Å²) in [5.41, 5.74) is 5.30. The van der Waals surface area contributed by atoms with Gasteiger partial charge in [-0.3, -0.25) is 4.90 Å². The molecule has 2 heterocycles. The van der Waals surface area contributed by atoms with E-state index in [-0.39, 0.29) is 11.8 Å². The van der Waals surface area contributed by atoms with Crippen molar-refractivity contribution >= 4 is 11.6 Å². The molecule has 0 saturated carbocycles. The van der Waals surface area contributed by atoms with Gasteiger partial charge in [-0.2, -0.15) is 4.98 Å². The largest absolute Gasteiger partial charge is 0.334 e. The Kier molecular flexibility index (Phi) is 6.31. The van der Waals surface area contributed by atoms with Crippen molar-refractivity contribution in [3.63, 3.8) is 0 Å². The van der Waals surface area contributed by atoms with Crippen LogP contribution in [0.3, 0.4) is 0 Å².